The quantitative estimate of drug-likeness (QED) is 0.406. The summed E-state index contributed by atoms with van der Waals surface area (Å²) < 4.78 is 10.8. The third-order valence-electron chi connectivity index (χ3n) is 3.64. The van der Waals surface area contributed by atoms with Crippen LogP contribution in [0.1, 0.15) is 13.3 Å². The van der Waals surface area contributed by atoms with Crippen molar-refractivity contribution in [2.75, 3.05) is 26.4 Å². The van der Waals surface area contributed by atoms with Gasteiger partial charge in [-0.15, -0.1) is 0 Å². The second-order valence-electron chi connectivity index (χ2n) is 5.61. The summed E-state index contributed by atoms with van der Waals surface area (Å²) in [5.74, 6) is 0.446. The molecular weight excluding hydrogens is 337 g/mol. The van der Waals surface area contributed by atoms with Crippen LogP contribution < -0.4 is 9.61 Å². The van der Waals surface area contributed by atoms with Crippen LogP contribution in [-0.4, -0.2) is 37.5 Å². The van der Waals surface area contributed by atoms with Crippen LogP contribution in [0, 0.1) is 0 Å². The summed E-state index contributed by atoms with van der Waals surface area (Å²) in [6.45, 7) is 2.05. The van der Waals surface area contributed by atoms with Gasteiger partial charge < -0.3 is 14.4 Å². The van der Waals surface area contributed by atoms with Gasteiger partial charge in [-0.05, 0) is 36.2 Å². The number of rotatable bonds is 9. The van der Waals surface area contributed by atoms with E-state index < -0.39 is 8.30 Å². The van der Waals surface area contributed by atoms with Gasteiger partial charge in [0.2, 0.25) is 0 Å². The van der Waals surface area contributed by atoms with Crippen LogP contribution in [0.3, 0.4) is 0 Å². The minimum absolute atomic E-state index is 0.0546. The molecule has 0 heterocycles. The Labute approximate surface area is 149 Å². The lowest BCUT2D eigenvalue weighted by Crippen LogP contribution is -2.22. The lowest BCUT2D eigenvalue weighted by Gasteiger charge is -2.19. The van der Waals surface area contributed by atoms with E-state index in [4.69, 9.17) is 9.63 Å². The number of aliphatic hydroxyl groups is 1. The maximum absolute atomic E-state index is 11.4. The van der Waals surface area contributed by atoms with Gasteiger partial charge in [-0.3, -0.25) is 9.88 Å². The zero-order valence-electron chi connectivity index (χ0n) is 14.6. The van der Waals surface area contributed by atoms with Gasteiger partial charge in [-0.2, -0.15) is 0 Å². The molecule has 6 heteroatoms. The average Bonchev–Trinajstić information content (AvgIpc) is 2.65. The number of esters is 1. The molecule has 0 aliphatic carbocycles. The molecule has 0 radical (unpaired) electrons. The molecule has 5 nitrogen and oxygen atoms in total. The summed E-state index contributed by atoms with van der Waals surface area (Å²) in [7, 11) is 0.322. The predicted octanol–water partition coefficient (Wildman–Crippen LogP) is 3.62. The lowest BCUT2D eigenvalue weighted by molar-refractivity contribution is -0.139. The van der Waals surface area contributed by atoms with E-state index in [1.165, 1.54) is 7.11 Å². The van der Waals surface area contributed by atoms with Crippen LogP contribution in [0.25, 0.3) is 10.8 Å². The number of carbonyl (C=O) groups is 1. The van der Waals surface area contributed by atoms with Crippen LogP contribution in [-0.2, 0) is 9.53 Å². The monoisotopic (exact) mass is 361 g/mol. The standard InChI is InChI=1S/C19H24NO4P/c1-15(14-21)6-5-11-25(20-13-19(22)23-2)24-18-10-9-16-7-3-4-8-17(16)12-18/h3-4,6-10,12,20-21H,5,11,13-14H2,1-2H3/b15-6+. The van der Waals surface area contributed by atoms with E-state index in [0.717, 1.165) is 34.7 Å². The van der Waals surface area contributed by atoms with E-state index in [1.54, 1.807) is 0 Å². The normalized spacial score (nSPS) is 12.8. The number of methoxy groups -OCH3 is 1. The van der Waals surface area contributed by atoms with Gasteiger partial charge in [0.1, 0.15) is 12.3 Å². The van der Waals surface area contributed by atoms with Crippen molar-refractivity contribution >= 4 is 25.0 Å². The minimum atomic E-state index is -1.04. The molecule has 1 atom stereocenters. The molecule has 0 fully saturated rings. The van der Waals surface area contributed by atoms with Crippen LogP contribution in [0.5, 0.6) is 5.75 Å². The summed E-state index contributed by atoms with van der Waals surface area (Å²) in [5.41, 5.74) is 0.925. The van der Waals surface area contributed by atoms with Gasteiger partial charge in [0.05, 0.1) is 13.7 Å². The Hall–Kier alpha value is -1.94. The zero-order valence-corrected chi connectivity index (χ0v) is 15.5. The predicted molar refractivity (Wildman–Crippen MR) is 102 cm³/mol. The molecule has 2 N–H and O–H groups in total. The van der Waals surface area contributed by atoms with Crippen LogP contribution in [0.4, 0.5) is 0 Å². The Kier molecular flexibility index (Phi) is 7.86. The van der Waals surface area contributed by atoms with Crippen molar-refractivity contribution in [1.82, 2.24) is 5.09 Å². The van der Waals surface area contributed by atoms with Crippen LogP contribution in [0.15, 0.2) is 54.1 Å². The molecule has 0 saturated carbocycles. The third-order valence-corrected chi connectivity index (χ3v) is 5.24. The first-order chi connectivity index (χ1) is 12.1. The molecule has 0 amide bonds. The van der Waals surface area contributed by atoms with E-state index >= 15 is 0 Å². The van der Waals surface area contributed by atoms with Crippen molar-refractivity contribution in [2.45, 2.75) is 13.3 Å². The van der Waals surface area contributed by atoms with Crippen LogP contribution in [0.2, 0.25) is 0 Å². The number of ether oxygens (including phenoxy) is 1. The van der Waals surface area contributed by atoms with Crippen molar-refractivity contribution in [2.24, 2.45) is 0 Å². The number of carbonyl (C=O) groups excluding carboxylic acids is 1. The number of hydrogen-bond donors (Lipinski definition) is 2. The maximum atomic E-state index is 11.4. The van der Waals surface area contributed by atoms with Gasteiger partial charge in [0, 0.05) is 6.16 Å². The van der Waals surface area contributed by atoms with Gasteiger partial charge >= 0.3 is 5.97 Å². The number of benzene rings is 2. The first kappa shape index (κ1) is 19.4. The van der Waals surface area contributed by atoms with E-state index in [1.807, 2.05) is 49.4 Å². The van der Waals surface area contributed by atoms with E-state index in [2.05, 4.69) is 15.9 Å². The molecule has 134 valence electrons. The Bertz CT molecular complexity index is 732. The summed E-state index contributed by atoms with van der Waals surface area (Å²) >= 11 is 0. The molecule has 0 spiro atoms. The van der Waals surface area contributed by atoms with Gasteiger partial charge in [-0.1, -0.05) is 42.0 Å². The van der Waals surface area contributed by atoms with E-state index in [-0.39, 0.29) is 19.1 Å². The topological polar surface area (TPSA) is 67.8 Å². The highest BCUT2D eigenvalue weighted by Crippen LogP contribution is 2.36. The highest BCUT2D eigenvalue weighted by molar-refractivity contribution is 7.50. The molecule has 1 unspecified atom stereocenters. The fourth-order valence-electron chi connectivity index (χ4n) is 2.23. The first-order valence-corrected chi connectivity index (χ1v) is 9.58. The number of allylic oxidation sites excluding steroid dienone is 1. The second-order valence-corrected chi connectivity index (χ2v) is 7.31. The SMILES string of the molecule is COC(=O)CNP(CC/C=C(\C)CO)Oc1ccc2ccccc2c1. The maximum Gasteiger partial charge on any atom is 0.320 e. The van der Waals surface area contributed by atoms with Crippen molar-refractivity contribution in [3.8, 4) is 5.75 Å². The molecule has 0 aromatic heterocycles. The van der Waals surface area contributed by atoms with Gasteiger partial charge in [0.25, 0.3) is 0 Å². The van der Waals surface area contributed by atoms with Gasteiger partial charge in [-0.25, -0.2) is 0 Å². The van der Waals surface area contributed by atoms with Crippen molar-refractivity contribution in [3.63, 3.8) is 0 Å². The second kappa shape index (κ2) is 10.1. The summed E-state index contributed by atoms with van der Waals surface area (Å²) in [4.78, 5) is 11.4. The van der Waals surface area contributed by atoms with E-state index in [0.29, 0.717) is 0 Å². The Morgan fingerprint density at radius 1 is 1.24 bits per heavy atom. The zero-order chi connectivity index (χ0) is 18.1. The Balaban J connectivity index is 2.05. The molecule has 0 aliphatic rings. The highest BCUT2D eigenvalue weighted by atomic mass is 31.2. The molecule has 2 aromatic carbocycles. The molecule has 2 aromatic rings. The Morgan fingerprint density at radius 2 is 2.00 bits per heavy atom. The molecule has 0 bridgehead atoms. The minimum Gasteiger partial charge on any atom is -0.468 e. The average molecular weight is 361 g/mol. The molecule has 2 rings (SSSR count). The smallest absolute Gasteiger partial charge is 0.320 e. The van der Waals surface area contributed by atoms with Crippen molar-refractivity contribution in [3.05, 3.63) is 54.1 Å². The fraction of sp³-hybridized carbons (Fsp3) is 0.316. The fourth-order valence-corrected chi connectivity index (χ4v) is 3.58. The van der Waals surface area contributed by atoms with Crippen molar-refractivity contribution < 1.29 is 19.2 Å². The number of nitrogens with one attached hydrogen (secondary N) is 1. The molecule has 0 saturated heterocycles. The summed E-state index contributed by atoms with van der Waals surface area (Å²) in [6, 6.07) is 14.1. The number of aliphatic hydroxyl groups excluding tert-OH is 1. The van der Waals surface area contributed by atoms with Gasteiger partial charge in [0.15, 0.2) is 8.30 Å². The molecular formula is C19H24NO4P. The summed E-state index contributed by atoms with van der Waals surface area (Å²) in [6.07, 6.45) is 3.48. The largest absolute Gasteiger partial charge is 0.468 e. The highest BCUT2D eigenvalue weighted by Gasteiger charge is 2.13. The molecule has 25 heavy (non-hydrogen) atoms. The number of hydrogen-bond acceptors (Lipinski definition) is 5. The Morgan fingerprint density at radius 3 is 2.72 bits per heavy atom. The summed E-state index contributed by atoms with van der Waals surface area (Å²) in [5, 5.41) is 14.5. The third kappa shape index (κ3) is 6.46. The first-order valence-electron chi connectivity index (χ1n) is 8.13. The molecule has 0 aliphatic heterocycles. The van der Waals surface area contributed by atoms with Crippen LogP contribution >= 0.6 is 8.30 Å². The van der Waals surface area contributed by atoms with E-state index in [9.17, 15) is 4.79 Å². The lowest BCUT2D eigenvalue weighted by atomic mass is 10.1. The number of fused-ring (bicyclic) bond motifs is 1. The van der Waals surface area contributed by atoms with Crippen molar-refractivity contribution in [1.29, 1.82) is 0 Å².